The van der Waals surface area contributed by atoms with Crippen molar-refractivity contribution < 1.29 is 9.53 Å². The van der Waals surface area contributed by atoms with Crippen molar-refractivity contribution in [1.82, 2.24) is 10.2 Å². The zero-order valence-corrected chi connectivity index (χ0v) is 12.8. The van der Waals surface area contributed by atoms with Crippen LogP contribution in [0.3, 0.4) is 0 Å². The molecule has 2 rings (SSSR count). The van der Waals surface area contributed by atoms with E-state index < -0.39 is 0 Å². The third-order valence-corrected chi connectivity index (χ3v) is 3.56. The molecule has 0 spiro atoms. The number of nitrogens with zero attached hydrogens (tertiary/aromatic N) is 2. The first kappa shape index (κ1) is 15.6. The summed E-state index contributed by atoms with van der Waals surface area (Å²) in [5, 5.41) is 2.97. The Morgan fingerprint density at radius 1 is 1.38 bits per heavy atom. The number of nitrogen functional groups attached to an aromatic ring is 1. The number of carbonyl (C=O) groups excluding carboxylic acids is 1. The maximum absolute atomic E-state index is 12.3. The number of nitrogens with one attached hydrogen (secondary N) is 1. The van der Waals surface area contributed by atoms with Crippen molar-refractivity contribution in [2.45, 2.75) is 0 Å². The fraction of sp³-hybridized carbons (Fsp3) is 0.533. The molecule has 1 amide bonds. The lowest BCUT2D eigenvalue weighted by Crippen LogP contribution is -2.41. The van der Waals surface area contributed by atoms with Crippen LogP contribution in [-0.4, -0.2) is 64.3 Å². The van der Waals surface area contributed by atoms with Gasteiger partial charge in [-0.15, -0.1) is 0 Å². The number of benzene rings is 1. The summed E-state index contributed by atoms with van der Waals surface area (Å²) in [4.78, 5) is 16.5. The van der Waals surface area contributed by atoms with Crippen LogP contribution in [-0.2, 0) is 4.74 Å². The number of anilines is 2. The molecule has 1 saturated heterocycles. The molecular weight excluding hydrogens is 268 g/mol. The van der Waals surface area contributed by atoms with Gasteiger partial charge in [-0.2, -0.15) is 0 Å². The second-order valence-corrected chi connectivity index (χ2v) is 5.38. The van der Waals surface area contributed by atoms with E-state index in [-0.39, 0.29) is 5.91 Å². The molecule has 1 aromatic carbocycles. The van der Waals surface area contributed by atoms with Crippen LogP contribution in [0.2, 0.25) is 0 Å². The average molecular weight is 292 g/mol. The molecule has 0 radical (unpaired) electrons. The monoisotopic (exact) mass is 292 g/mol. The number of morpholine rings is 1. The van der Waals surface area contributed by atoms with Gasteiger partial charge in [-0.05, 0) is 18.2 Å². The minimum Gasteiger partial charge on any atom is -0.399 e. The molecule has 21 heavy (non-hydrogen) atoms. The number of ether oxygens (including phenoxy) is 1. The van der Waals surface area contributed by atoms with E-state index in [4.69, 9.17) is 10.5 Å². The van der Waals surface area contributed by atoms with Gasteiger partial charge < -0.3 is 20.7 Å². The molecule has 0 aromatic heterocycles. The molecule has 1 aliphatic rings. The van der Waals surface area contributed by atoms with Gasteiger partial charge in [0.2, 0.25) is 0 Å². The van der Waals surface area contributed by atoms with Crippen molar-refractivity contribution >= 4 is 17.3 Å². The Morgan fingerprint density at radius 2 is 2.10 bits per heavy atom. The minimum absolute atomic E-state index is 0.0840. The zero-order valence-electron chi connectivity index (χ0n) is 12.8. The third kappa shape index (κ3) is 4.34. The summed E-state index contributed by atoms with van der Waals surface area (Å²) in [5.74, 6) is -0.0840. The van der Waals surface area contributed by atoms with Gasteiger partial charge in [0, 0.05) is 51.6 Å². The Morgan fingerprint density at radius 3 is 2.76 bits per heavy atom. The van der Waals surface area contributed by atoms with Gasteiger partial charge in [-0.1, -0.05) is 0 Å². The predicted octanol–water partition coefficient (Wildman–Crippen LogP) is 0.397. The number of hydrogen-bond donors (Lipinski definition) is 2. The molecule has 0 aliphatic carbocycles. The number of rotatable bonds is 5. The van der Waals surface area contributed by atoms with Crippen LogP contribution in [0.15, 0.2) is 18.2 Å². The van der Waals surface area contributed by atoms with Crippen LogP contribution in [0.4, 0.5) is 11.4 Å². The van der Waals surface area contributed by atoms with Crippen molar-refractivity contribution in [2.24, 2.45) is 0 Å². The summed E-state index contributed by atoms with van der Waals surface area (Å²) < 4.78 is 5.30. The van der Waals surface area contributed by atoms with E-state index in [0.29, 0.717) is 17.8 Å². The van der Waals surface area contributed by atoms with Gasteiger partial charge >= 0.3 is 0 Å². The van der Waals surface area contributed by atoms with Crippen LogP contribution in [0, 0.1) is 0 Å². The van der Waals surface area contributed by atoms with Crippen molar-refractivity contribution in [3.05, 3.63) is 23.8 Å². The van der Waals surface area contributed by atoms with Crippen molar-refractivity contribution in [1.29, 1.82) is 0 Å². The molecule has 3 N–H and O–H groups in total. The molecule has 0 bridgehead atoms. The molecule has 0 unspecified atom stereocenters. The van der Waals surface area contributed by atoms with Crippen LogP contribution >= 0.6 is 0 Å². The standard InChI is InChI=1S/C15H24N4O2/c1-18(2)14-4-3-12(16)11-13(14)15(20)17-5-6-19-7-9-21-10-8-19/h3-4,11H,5-10,16H2,1-2H3,(H,17,20). The molecule has 1 heterocycles. The van der Waals surface area contributed by atoms with E-state index in [1.54, 1.807) is 12.1 Å². The van der Waals surface area contributed by atoms with Crippen LogP contribution < -0.4 is 16.0 Å². The first-order chi connectivity index (χ1) is 10.1. The van der Waals surface area contributed by atoms with Crippen LogP contribution in [0.25, 0.3) is 0 Å². The van der Waals surface area contributed by atoms with E-state index in [1.165, 1.54) is 0 Å². The lowest BCUT2D eigenvalue weighted by Gasteiger charge is -2.26. The van der Waals surface area contributed by atoms with Crippen molar-refractivity contribution in [2.75, 3.05) is 64.1 Å². The summed E-state index contributed by atoms with van der Waals surface area (Å²) in [6.07, 6.45) is 0. The molecule has 0 saturated carbocycles. The number of amides is 1. The molecule has 0 atom stereocenters. The van der Waals surface area contributed by atoms with Crippen molar-refractivity contribution in [3.8, 4) is 0 Å². The van der Waals surface area contributed by atoms with E-state index in [1.807, 2.05) is 25.1 Å². The molecule has 1 aromatic rings. The van der Waals surface area contributed by atoms with E-state index >= 15 is 0 Å². The topological polar surface area (TPSA) is 70.8 Å². The van der Waals surface area contributed by atoms with E-state index in [0.717, 1.165) is 38.5 Å². The highest BCUT2D eigenvalue weighted by Gasteiger charge is 2.14. The average Bonchev–Trinajstić information content (AvgIpc) is 2.47. The highest BCUT2D eigenvalue weighted by atomic mass is 16.5. The highest BCUT2D eigenvalue weighted by Crippen LogP contribution is 2.21. The van der Waals surface area contributed by atoms with E-state index in [9.17, 15) is 4.79 Å². The molecule has 116 valence electrons. The number of hydrogen-bond acceptors (Lipinski definition) is 5. The van der Waals surface area contributed by atoms with E-state index in [2.05, 4.69) is 10.2 Å². The third-order valence-electron chi connectivity index (χ3n) is 3.56. The fourth-order valence-corrected chi connectivity index (χ4v) is 2.37. The van der Waals surface area contributed by atoms with Gasteiger partial charge in [0.25, 0.3) is 5.91 Å². The Hall–Kier alpha value is -1.79. The normalized spacial score (nSPS) is 15.7. The minimum atomic E-state index is -0.0840. The molecule has 6 nitrogen and oxygen atoms in total. The Kier molecular flexibility index (Phi) is 5.41. The maximum atomic E-state index is 12.3. The first-order valence-corrected chi connectivity index (χ1v) is 7.23. The predicted molar refractivity (Wildman–Crippen MR) is 84.8 cm³/mol. The van der Waals surface area contributed by atoms with Gasteiger partial charge in [0.1, 0.15) is 0 Å². The second-order valence-electron chi connectivity index (χ2n) is 5.38. The summed E-state index contributed by atoms with van der Waals surface area (Å²) >= 11 is 0. The number of nitrogens with two attached hydrogens (primary N) is 1. The Bertz CT molecular complexity index is 485. The highest BCUT2D eigenvalue weighted by molar-refractivity contribution is 6.00. The molecular formula is C15H24N4O2. The lowest BCUT2D eigenvalue weighted by atomic mass is 10.1. The molecule has 1 fully saturated rings. The van der Waals surface area contributed by atoms with Gasteiger partial charge in [0.15, 0.2) is 0 Å². The van der Waals surface area contributed by atoms with Gasteiger partial charge in [0.05, 0.1) is 18.8 Å². The SMILES string of the molecule is CN(C)c1ccc(N)cc1C(=O)NCCN1CCOCC1. The summed E-state index contributed by atoms with van der Waals surface area (Å²) in [5.41, 5.74) is 7.87. The summed E-state index contributed by atoms with van der Waals surface area (Å²) in [6.45, 7) is 4.87. The Balaban J connectivity index is 1.92. The molecule has 6 heteroatoms. The quantitative estimate of drug-likeness (QED) is 0.769. The number of carbonyl (C=O) groups is 1. The van der Waals surface area contributed by atoms with Crippen LogP contribution in [0.1, 0.15) is 10.4 Å². The zero-order chi connectivity index (χ0) is 15.2. The smallest absolute Gasteiger partial charge is 0.253 e. The van der Waals surface area contributed by atoms with Crippen LogP contribution in [0.5, 0.6) is 0 Å². The van der Waals surface area contributed by atoms with Gasteiger partial charge in [-0.3, -0.25) is 9.69 Å². The largest absolute Gasteiger partial charge is 0.399 e. The maximum Gasteiger partial charge on any atom is 0.253 e. The van der Waals surface area contributed by atoms with Gasteiger partial charge in [-0.25, -0.2) is 0 Å². The fourth-order valence-electron chi connectivity index (χ4n) is 2.37. The lowest BCUT2D eigenvalue weighted by molar-refractivity contribution is 0.0383. The Labute approximate surface area is 125 Å². The van der Waals surface area contributed by atoms with Crippen molar-refractivity contribution in [3.63, 3.8) is 0 Å². The second kappa shape index (κ2) is 7.28. The summed E-state index contributed by atoms with van der Waals surface area (Å²) in [6, 6.07) is 5.39. The first-order valence-electron chi connectivity index (χ1n) is 7.23. The summed E-state index contributed by atoms with van der Waals surface area (Å²) in [7, 11) is 3.83. The molecule has 1 aliphatic heterocycles.